The van der Waals surface area contributed by atoms with E-state index in [1.165, 1.54) is 0 Å². The first-order chi connectivity index (χ1) is 9.62. The molecule has 102 valence electrons. The molecular weight excluding hydrogens is 248 g/mol. The fourth-order valence-corrected chi connectivity index (χ4v) is 2.17. The Kier molecular flexibility index (Phi) is 3.18. The average Bonchev–Trinajstić information content (AvgIpc) is 2.45. The number of ether oxygens (including phenoxy) is 1. The lowest BCUT2D eigenvalue weighted by atomic mass is 10.0. The van der Waals surface area contributed by atoms with Crippen molar-refractivity contribution >= 4 is 11.8 Å². The van der Waals surface area contributed by atoms with Crippen LogP contribution in [0.4, 0.5) is 5.69 Å². The van der Waals surface area contributed by atoms with Gasteiger partial charge in [-0.1, -0.05) is 24.3 Å². The summed E-state index contributed by atoms with van der Waals surface area (Å²) in [6.07, 6.45) is 5.98. The number of para-hydroxylation sites is 1. The van der Waals surface area contributed by atoms with Crippen LogP contribution in [-0.4, -0.2) is 10.6 Å². The highest BCUT2D eigenvalue weighted by Gasteiger charge is 2.21. The molecule has 0 unspecified atom stereocenters. The van der Waals surface area contributed by atoms with E-state index in [9.17, 15) is 0 Å². The standard InChI is InChI=1S/C17H18N2O/c1-17(2)9-8-13-10-15(19-12-16(13)20-17)11-18-14-6-4-3-5-7-14/h3-10,12,18H,11H2,1-2H3. The molecular formula is C17H18N2O. The first kappa shape index (κ1) is 12.7. The highest BCUT2D eigenvalue weighted by Crippen LogP contribution is 2.30. The van der Waals surface area contributed by atoms with Crippen LogP contribution in [0.15, 0.2) is 48.7 Å². The van der Waals surface area contributed by atoms with E-state index in [0.29, 0.717) is 6.54 Å². The molecule has 1 aliphatic rings. The molecule has 0 saturated heterocycles. The van der Waals surface area contributed by atoms with Crippen LogP contribution in [-0.2, 0) is 6.54 Å². The van der Waals surface area contributed by atoms with Gasteiger partial charge in [-0.2, -0.15) is 0 Å². The quantitative estimate of drug-likeness (QED) is 0.915. The van der Waals surface area contributed by atoms with Crippen molar-refractivity contribution in [1.82, 2.24) is 4.98 Å². The van der Waals surface area contributed by atoms with Crippen LogP contribution in [0.25, 0.3) is 6.08 Å². The Bertz CT molecular complexity index is 633. The van der Waals surface area contributed by atoms with Crippen LogP contribution in [0.2, 0.25) is 0 Å². The SMILES string of the molecule is CC1(C)C=Cc2cc(CNc3ccccc3)ncc2O1. The molecule has 1 N–H and O–H groups in total. The Morgan fingerprint density at radius 2 is 2.00 bits per heavy atom. The van der Waals surface area contributed by atoms with Gasteiger partial charge in [0.15, 0.2) is 0 Å². The molecule has 20 heavy (non-hydrogen) atoms. The first-order valence-electron chi connectivity index (χ1n) is 6.78. The Morgan fingerprint density at radius 1 is 1.20 bits per heavy atom. The van der Waals surface area contributed by atoms with Crippen molar-refractivity contribution in [3.63, 3.8) is 0 Å². The van der Waals surface area contributed by atoms with Gasteiger partial charge in [0.1, 0.15) is 11.4 Å². The maximum Gasteiger partial charge on any atom is 0.146 e. The lowest BCUT2D eigenvalue weighted by Gasteiger charge is -2.27. The molecule has 0 atom stereocenters. The van der Waals surface area contributed by atoms with Gasteiger partial charge in [-0.25, -0.2) is 0 Å². The average molecular weight is 266 g/mol. The molecule has 0 bridgehead atoms. The summed E-state index contributed by atoms with van der Waals surface area (Å²) in [5.74, 6) is 0.848. The van der Waals surface area contributed by atoms with Crippen molar-refractivity contribution in [2.24, 2.45) is 0 Å². The van der Waals surface area contributed by atoms with Crippen molar-refractivity contribution in [2.45, 2.75) is 26.0 Å². The van der Waals surface area contributed by atoms with Gasteiger partial charge in [0.05, 0.1) is 18.4 Å². The van der Waals surface area contributed by atoms with Crippen molar-refractivity contribution in [3.05, 3.63) is 59.9 Å². The van der Waals surface area contributed by atoms with Crippen LogP contribution in [0.3, 0.4) is 0 Å². The Hall–Kier alpha value is -2.29. The van der Waals surface area contributed by atoms with Gasteiger partial charge >= 0.3 is 0 Å². The van der Waals surface area contributed by atoms with Crippen molar-refractivity contribution in [1.29, 1.82) is 0 Å². The molecule has 1 aromatic heterocycles. The number of nitrogens with zero attached hydrogens (tertiary/aromatic N) is 1. The number of hydrogen-bond donors (Lipinski definition) is 1. The number of pyridine rings is 1. The van der Waals surface area contributed by atoms with Crippen LogP contribution in [0, 0.1) is 0 Å². The minimum atomic E-state index is -0.252. The monoisotopic (exact) mass is 266 g/mol. The molecule has 0 aliphatic carbocycles. The largest absolute Gasteiger partial charge is 0.482 e. The number of rotatable bonds is 3. The summed E-state index contributed by atoms with van der Waals surface area (Å²) in [5, 5.41) is 3.36. The van der Waals surface area contributed by atoms with Gasteiger partial charge in [-0.3, -0.25) is 4.98 Å². The number of nitrogens with one attached hydrogen (secondary N) is 1. The van der Waals surface area contributed by atoms with E-state index in [4.69, 9.17) is 4.74 Å². The fraction of sp³-hybridized carbons (Fsp3) is 0.235. The summed E-state index contributed by atoms with van der Waals surface area (Å²) < 4.78 is 5.87. The highest BCUT2D eigenvalue weighted by molar-refractivity contribution is 5.60. The van der Waals surface area contributed by atoms with E-state index in [2.05, 4.69) is 28.5 Å². The molecule has 3 heteroatoms. The lowest BCUT2D eigenvalue weighted by Crippen LogP contribution is -2.27. The smallest absolute Gasteiger partial charge is 0.146 e. The van der Waals surface area contributed by atoms with Crippen molar-refractivity contribution in [2.75, 3.05) is 5.32 Å². The second kappa shape index (κ2) is 5.00. The van der Waals surface area contributed by atoms with Crippen LogP contribution in [0.1, 0.15) is 25.1 Å². The third-order valence-electron chi connectivity index (χ3n) is 3.24. The molecule has 2 aromatic rings. The van der Waals surface area contributed by atoms with Gasteiger partial charge in [0.2, 0.25) is 0 Å². The van der Waals surface area contributed by atoms with E-state index < -0.39 is 0 Å². The molecule has 0 amide bonds. The van der Waals surface area contributed by atoms with Gasteiger partial charge in [-0.15, -0.1) is 0 Å². The molecule has 3 rings (SSSR count). The maximum atomic E-state index is 5.87. The second-order valence-electron chi connectivity index (χ2n) is 5.47. The summed E-state index contributed by atoms with van der Waals surface area (Å²) in [5.41, 5.74) is 2.93. The van der Waals surface area contributed by atoms with Crippen LogP contribution < -0.4 is 10.1 Å². The zero-order valence-electron chi connectivity index (χ0n) is 11.8. The number of fused-ring (bicyclic) bond motifs is 1. The summed E-state index contributed by atoms with van der Waals surface area (Å²) in [6, 6.07) is 12.2. The number of anilines is 1. The minimum Gasteiger partial charge on any atom is -0.482 e. The molecule has 1 aliphatic heterocycles. The topological polar surface area (TPSA) is 34.2 Å². The Labute approximate surface area is 119 Å². The molecule has 0 fully saturated rings. The maximum absolute atomic E-state index is 5.87. The lowest BCUT2D eigenvalue weighted by molar-refractivity contribution is 0.158. The van der Waals surface area contributed by atoms with Gasteiger partial charge < -0.3 is 10.1 Å². The van der Waals surface area contributed by atoms with Gasteiger partial charge in [-0.05, 0) is 38.1 Å². The van der Waals surface area contributed by atoms with E-state index in [1.807, 2.05) is 50.4 Å². The minimum absolute atomic E-state index is 0.252. The molecule has 2 heterocycles. The summed E-state index contributed by atoms with van der Waals surface area (Å²) in [4.78, 5) is 4.45. The zero-order chi connectivity index (χ0) is 14.0. The molecule has 3 nitrogen and oxygen atoms in total. The first-order valence-corrected chi connectivity index (χ1v) is 6.78. The van der Waals surface area contributed by atoms with E-state index in [1.54, 1.807) is 0 Å². The predicted molar refractivity (Wildman–Crippen MR) is 81.7 cm³/mol. The van der Waals surface area contributed by atoms with E-state index in [0.717, 1.165) is 22.7 Å². The number of aromatic nitrogens is 1. The summed E-state index contributed by atoms with van der Waals surface area (Å²) >= 11 is 0. The zero-order valence-corrected chi connectivity index (χ0v) is 11.8. The number of benzene rings is 1. The Morgan fingerprint density at radius 3 is 2.80 bits per heavy atom. The van der Waals surface area contributed by atoms with E-state index >= 15 is 0 Å². The van der Waals surface area contributed by atoms with Crippen LogP contribution in [0.5, 0.6) is 5.75 Å². The molecule has 0 saturated carbocycles. The molecule has 0 radical (unpaired) electrons. The van der Waals surface area contributed by atoms with Crippen molar-refractivity contribution in [3.8, 4) is 5.75 Å². The van der Waals surface area contributed by atoms with Gasteiger partial charge in [0, 0.05) is 11.3 Å². The predicted octanol–water partition coefficient (Wildman–Crippen LogP) is 3.88. The third-order valence-corrected chi connectivity index (χ3v) is 3.24. The van der Waals surface area contributed by atoms with Gasteiger partial charge in [0.25, 0.3) is 0 Å². The van der Waals surface area contributed by atoms with E-state index in [-0.39, 0.29) is 5.60 Å². The van der Waals surface area contributed by atoms with Crippen molar-refractivity contribution < 1.29 is 4.74 Å². The second-order valence-corrected chi connectivity index (χ2v) is 5.47. The summed E-state index contributed by atoms with van der Waals surface area (Å²) in [6.45, 7) is 4.78. The Balaban J connectivity index is 1.74. The summed E-state index contributed by atoms with van der Waals surface area (Å²) in [7, 11) is 0. The normalized spacial score (nSPS) is 15.3. The highest BCUT2D eigenvalue weighted by atomic mass is 16.5. The van der Waals surface area contributed by atoms with Crippen LogP contribution >= 0.6 is 0 Å². The molecule has 0 spiro atoms. The number of hydrogen-bond acceptors (Lipinski definition) is 3. The third kappa shape index (κ3) is 2.82. The fourth-order valence-electron chi connectivity index (χ4n) is 2.17. The molecule has 1 aromatic carbocycles.